The smallest absolute Gasteiger partial charge is 0.406 e. The van der Waals surface area contributed by atoms with E-state index >= 15 is 0 Å². The first-order valence-corrected chi connectivity index (χ1v) is 11.8. The zero-order valence-electron chi connectivity index (χ0n) is 20.7. The molecule has 1 aromatic heterocycles. The summed E-state index contributed by atoms with van der Waals surface area (Å²) in [5.41, 5.74) is 0.332. The number of aromatic amines is 1. The lowest BCUT2D eigenvalue weighted by Gasteiger charge is -2.36. The van der Waals surface area contributed by atoms with Crippen LogP contribution in [-0.4, -0.2) is 45.1 Å². The minimum absolute atomic E-state index is 0.0574. The first-order valence-electron chi connectivity index (χ1n) is 11.8. The lowest BCUT2D eigenvalue weighted by Crippen LogP contribution is -2.66. The Morgan fingerprint density at radius 2 is 1.67 bits per heavy atom. The molecule has 2 aromatic carbocycles. The number of carbonyl (C=O) groups excluding carboxylic acids is 2. The molecule has 2 amide bonds. The zero-order chi connectivity index (χ0) is 26.2. The highest BCUT2D eigenvalue weighted by Crippen LogP contribution is 2.23. The molecule has 2 atom stereocenters. The van der Waals surface area contributed by atoms with Gasteiger partial charge in [-0.15, -0.1) is 0 Å². The maximum atomic E-state index is 13.6. The van der Waals surface area contributed by atoms with Crippen LogP contribution in [-0.2, 0) is 21.4 Å². The van der Waals surface area contributed by atoms with Crippen molar-refractivity contribution in [2.45, 2.75) is 50.7 Å². The number of amides is 2. The molecule has 0 saturated heterocycles. The van der Waals surface area contributed by atoms with E-state index < -0.39 is 35.9 Å². The standard InChI is InChI=1S/C27H33N5O4/c1-19(20-10-6-4-7-11-20)31-27(32-25(35)36,15-22-16-28-18-30-22)23(33)14-24(34)29-17-26(2,3)21-12-8-5-9-13-21/h4-13,16,18-19,31-32H,14-15,17H2,1-3H3,(H,28,30)(H,29,34)(H,35,36)/t19-,27-/m0/s1. The molecule has 0 fully saturated rings. The Morgan fingerprint density at radius 1 is 1.03 bits per heavy atom. The van der Waals surface area contributed by atoms with Crippen LogP contribution in [0.2, 0.25) is 0 Å². The zero-order valence-corrected chi connectivity index (χ0v) is 20.7. The van der Waals surface area contributed by atoms with Crippen molar-refractivity contribution in [3.8, 4) is 0 Å². The number of benzene rings is 2. The number of ketones is 1. The summed E-state index contributed by atoms with van der Waals surface area (Å²) in [7, 11) is 0. The molecule has 0 radical (unpaired) electrons. The summed E-state index contributed by atoms with van der Waals surface area (Å²) in [5.74, 6) is -1.09. The number of hydrogen-bond donors (Lipinski definition) is 5. The fourth-order valence-corrected chi connectivity index (χ4v) is 4.09. The van der Waals surface area contributed by atoms with E-state index in [1.54, 1.807) is 0 Å². The molecule has 1 heterocycles. The van der Waals surface area contributed by atoms with Crippen molar-refractivity contribution in [3.63, 3.8) is 0 Å². The summed E-state index contributed by atoms with van der Waals surface area (Å²) in [6, 6.07) is 18.7. The van der Waals surface area contributed by atoms with Gasteiger partial charge < -0.3 is 15.4 Å². The van der Waals surface area contributed by atoms with E-state index in [0.717, 1.165) is 11.1 Å². The largest absolute Gasteiger partial charge is 0.465 e. The third-order valence-electron chi connectivity index (χ3n) is 6.17. The Morgan fingerprint density at radius 3 is 2.25 bits per heavy atom. The number of rotatable bonds is 12. The van der Waals surface area contributed by atoms with Gasteiger partial charge in [0.2, 0.25) is 5.91 Å². The first kappa shape index (κ1) is 26.6. The highest BCUT2D eigenvalue weighted by Gasteiger charge is 2.42. The molecule has 5 N–H and O–H groups in total. The van der Waals surface area contributed by atoms with E-state index in [0.29, 0.717) is 12.2 Å². The van der Waals surface area contributed by atoms with Gasteiger partial charge in [0, 0.05) is 36.3 Å². The average Bonchev–Trinajstić information content (AvgIpc) is 3.36. The van der Waals surface area contributed by atoms with Crippen LogP contribution in [0.4, 0.5) is 4.79 Å². The second kappa shape index (κ2) is 11.6. The fraction of sp³-hybridized carbons (Fsp3) is 0.333. The summed E-state index contributed by atoms with van der Waals surface area (Å²) in [4.78, 5) is 45.2. The molecular formula is C27H33N5O4. The van der Waals surface area contributed by atoms with Gasteiger partial charge in [-0.25, -0.2) is 9.78 Å². The number of Topliss-reactive ketones (excluding diaryl/α,β-unsaturated/α-hetero) is 1. The Hall–Kier alpha value is -3.98. The lowest BCUT2D eigenvalue weighted by molar-refractivity contribution is -0.133. The molecule has 0 aliphatic carbocycles. The summed E-state index contributed by atoms with van der Waals surface area (Å²) in [6.07, 6.45) is 1.01. The molecule has 3 rings (SSSR count). The molecule has 0 aliphatic rings. The average molecular weight is 492 g/mol. The molecular weight excluding hydrogens is 458 g/mol. The number of hydrogen-bond acceptors (Lipinski definition) is 5. The van der Waals surface area contributed by atoms with Crippen LogP contribution >= 0.6 is 0 Å². The van der Waals surface area contributed by atoms with Crippen LogP contribution in [0.1, 0.15) is 50.1 Å². The van der Waals surface area contributed by atoms with Gasteiger partial charge in [0.1, 0.15) is 0 Å². The molecule has 3 aromatic rings. The Kier molecular flexibility index (Phi) is 8.60. The van der Waals surface area contributed by atoms with Crippen LogP contribution in [0, 0.1) is 0 Å². The topological polar surface area (TPSA) is 136 Å². The summed E-state index contributed by atoms with van der Waals surface area (Å²) in [6.45, 7) is 6.15. The van der Waals surface area contributed by atoms with Gasteiger partial charge in [0.25, 0.3) is 0 Å². The van der Waals surface area contributed by atoms with Crippen LogP contribution in [0.5, 0.6) is 0 Å². The van der Waals surface area contributed by atoms with E-state index in [1.807, 2.05) is 81.4 Å². The third kappa shape index (κ3) is 7.02. The molecule has 0 spiro atoms. The van der Waals surface area contributed by atoms with Crippen LogP contribution in [0.15, 0.2) is 73.2 Å². The maximum Gasteiger partial charge on any atom is 0.406 e. The van der Waals surface area contributed by atoms with Gasteiger partial charge in [-0.1, -0.05) is 74.5 Å². The van der Waals surface area contributed by atoms with Crippen LogP contribution < -0.4 is 16.0 Å². The molecule has 0 unspecified atom stereocenters. The number of carboxylic acid groups (broad SMARTS) is 1. The highest BCUT2D eigenvalue weighted by atomic mass is 16.4. The van der Waals surface area contributed by atoms with Gasteiger partial charge in [0.15, 0.2) is 11.4 Å². The van der Waals surface area contributed by atoms with E-state index in [-0.39, 0.29) is 11.8 Å². The Labute approximate surface area is 210 Å². The minimum atomic E-state index is -1.76. The SMILES string of the molecule is C[C@H](N[C@@](Cc1cnc[nH]1)(NC(=O)O)C(=O)CC(=O)NCC(C)(C)c1ccccc1)c1ccccc1. The second-order valence-electron chi connectivity index (χ2n) is 9.49. The van der Waals surface area contributed by atoms with Gasteiger partial charge in [-0.3, -0.25) is 20.2 Å². The molecule has 0 saturated carbocycles. The molecule has 9 nitrogen and oxygen atoms in total. The third-order valence-corrected chi connectivity index (χ3v) is 6.17. The summed E-state index contributed by atoms with van der Waals surface area (Å²) >= 11 is 0. The molecule has 0 bridgehead atoms. The van der Waals surface area contributed by atoms with Crippen molar-refractivity contribution in [3.05, 3.63) is 90.0 Å². The number of carbonyl (C=O) groups is 3. The van der Waals surface area contributed by atoms with E-state index in [2.05, 4.69) is 25.9 Å². The summed E-state index contributed by atoms with van der Waals surface area (Å²) < 4.78 is 0. The van der Waals surface area contributed by atoms with E-state index in [4.69, 9.17) is 0 Å². The predicted octanol–water partition coefficient (Wildman–Crippen LogP) is 3.32. The van der Waals surface area contributed by atoms with Crippen LogP contribution in [0.25, 0.3) is 0 Å². The van der Waals surface area contributed by atoms with Gasteiger partial charge in [-0.05, 0) is 18.1 Å². The predicted molar refractivity (Wildman–Crippen MR) is 136 cm³/mol. The number of imidazole rings is 1. The second-order valence-corrected chi connectivity index (χ2v) is 9.49. The number of aromatic nitrogens is 2. The van der Waals surface area contributed by atoms with Crippen molar-refractivity contribution in [2.75, 3.05) is 6.54 Å². The van der Waals surface area contributed by atoms with Crippen molar-refractivity contribution in [1.29, 1.82) is 0 Å². The fourth-order valence-electron chi connectivity index (χ4n) is 4.09. The molecule has 190 valence electrons. The molecule has 36 heavy (non-hydrogen) atoms. The van der Waals surface area contributed by atoms with Crippen molar-refractivity contribution in [1.82, 2.24) is 25.9 Å². The first-order chi connectivity index (χ1) is 17.1. The minimum Gasteiger partial charge on any atom is -0.465 e. The Balaban J connectivity index is 1.80. The quantitative estimate of drug-likeness (QED) is 0.195. The van der Waals surface area contributed by atoms with Gasteiger partial charge in [0.05, 0.1) is 12.7 Å². The summed E-state index contributed by atoms with van der Waals surface area (Å²) in [5, 5.41) is 18.0. The number of nitrogens with zero attached hydrogens (tertiary/aromatic N) is 1. The van der Waals surface area contributed by atoms with Crippen molar-refractivity contribution >= 4 is 17.8 Å². The molecule has 0 aliphatic heterocycles. The highest BCUT2D eigenvalue weighted by molar-refractivity contribution is 6.03. The van der Waals surface area contributed by atoms with Crippen LogP contribution in [0.3, 0.4) is 0 Å². The Bertz CT molecular complexity index is 1150. The normalized spacial score (nSPS) is 13.9. The van der Waals surface area contributed by atoms with Gasteiger partial charge in [-0.2, -0.15) is 0 Å². The maximum absolute atomic E-state index is 13.6. The van der Waals surface area contributed by atoms with Crippen molar-refractivity contribution < 1.29 is 19.5 Å². The molecule has 9 heteroatoms. The monoisotopic (exact) mass is 491 g/mol. The number of H-pyrrole nitrogens is 1. The van der Waals surface area contributed by atoms with E-state index in [9.17, 15) is 19.5 Å². The lowest BCUT2D eigenvalue weighted by atomic mass is 9.84. The van der Waals surface area contributed by atoms with Gasteiger partial charge >= 0.3 is 6.09 Å². The van der Waals surface area contributed by atoms with E-state index in [1.165, 1.54) is 12.5 Å². The number of nitrogens with one attached hydrogen (secondary N) is 4. The van der Waals surface area contributed by atoms with Crippen molar-refractivity contribution in [2.24, 2.45) is 0 Å².